The van der Waals surface area contributed by atoms with E-state index in [4.69, 9.17) is 18.0 Å². The van der Waals surface area contributed by atoms with Crippen molar-refractivity contribution >= 4 is 23.2 Å². The third kappa shape index (κ3) is 4.89. The first kappa shape index (κ1) is 14.2. The van der Waals surface area contributed by atoms with Crippen LogP contribution in [0.5, 0.6) is 0 Å². The van der Waals surface area contributed by atoms with Gasteiger partial charge in [0.05, 0.1) is 4.99 Å². The van der Waals surface area contributed by atoms with Crippen LogP contribution in [0.4, 0.5) is 4.79 Å². The highest BCUT2D eigenvalue weighted by Crippen LogP contribution is 2.17. The maximum atomic E-state index is 11.9. The lowest BCUT2D eigenvalue weighted by Gasteiger charge is -2.27. The number of hydrogen-bond acceptors (Lipinski definition) is 2. The van der Waals surface area contributed by atoms with E-state index in [-0.39, 0.29) is 11.9 Å². The van der Waals surface area contributed by atoms with E-state index in [1.807, 2.05) is 6.92 Å². The predicted molar refractivity (Wildman–Crippen MR) is 74.0 cm³/mol. The molecule has 1 rings (SSSR count). The van der Waals surface area contributed by atoms with Crippen molar-refractivity contribution in [2.24, 2.45) is 11.7 Å². The van der Waals surface area contributed by atoms with E-state index in [9.17, 15) is 4.79 Å². The minimum atomic E-state index is -0.0139. The number of nitrogens with one attached hydrogen (secondary N) is 1. The van der Waals surface area contributed by atoms with Gasteiger partial charge >= 0.3 is 6.03 Å². The second-order valence-electron chi connectivity index (χ2n) is 4.97. The van der Waals surface area contributed by atoms with E-state index in [2.05, 4.69) is 5.32 Å². The zero-order valence-corrected chi connectivity index (χ0v) is 11.6. The fraction of sp³-hybridized carbons (Fsp3) is 0.833. The Balaban J connectivity index is 2.33. The third-order valence-electron chi connectivity index (χ3n) is 3.31. The number of carbonyl (C=O) groups is 1. The quantitative estimate of drug-likeness (QED) is 0.756. The SMILES string of the molecule is CC(CN(C)C(=O)NC1CCCCC1)C(N)=S. The highest BCUT2D eigenvalue weighted by atomic mass is 32.1. The Morgan fingerprint density at radius 2 is 2.06 bits per heavy atom. The van der Waals surface area contributed by atoms with Crippen molar-refractivity contribution in [3.05, 3.63) is 0 Å². The Bertz CT molecular complexity index is 277. The van der Waals surface area contributed by atoms with Crippen LogP contribution >= 0.6 is 12.2 Å². The van der Waals surface area contributed by atoms with E-state index in [0.29, 0.717) is 17.6 Å². The standard InChI is InChI=1S/C12H23N3OS/c1-9(11(13)17)8-15(2)12(16)14-10-6-4-3-5-7-10/h9-10H,3-8H2,1-2H3,(H2,13,17)(H,14,16). The largest absolute Gasteiger partial charge is 0.393 e. The molecule has 0 aliphatic heterocycles. The molecule has 2 amide bonds. The molecule has 3 N–H and O–H groups in total. The molecule has 1 fully saturated rings. The molecule has 0 spiro atoms. The second kappa shape index (κ2) is 6.79. The van der Waals surface area contributed by atoms with Crippen LogP contribution in [0.15, 0.2) is 0 Å². The summed E-state index contributed by atoms with van der Waals surface area (Å²) in [6.07, 6.45) is 5.94. The maximum Gasteiger partial charge on any atom is 0.317 e. The molecule has 0 radical (unpaired) electrons. The lowest BCUT2D eigenvalue weighted by Crippen LogP contribution is -2.46. The normalized spacial score (nSPS) is 18.5. The van der Waals surface area contributed by atoms with E-state index < -0.39 is 0 Å². The molecule has 0 heterocycles. The summed E-state index contributed by atoms with van der Waals surface area (Å²) < 4.78 is 0. The zero-order valence-electron chi connectivity index (χ0n) is 10.7. The molecule has 0 aromatic rings. The van der Waals surface area contributed by atoms with Crippen molar-refractivity contribution in [3.8, 4) is 0 Å². The van der Waals surface area contributed by atoms with Crippen LogP contribution in [0.1, 0.15) is 39.0 Å². The van der Waals surface area contributed by atoms with E-state index >= 15 is 0 Å². The Labute approximate surface area is 109 Å². The molecular formula is C12H23N3OS. The molecule has 0 aromatic heterocycles. The number of carbonyl (C=O) groups excluding carboxylic acids is 1. The summed E-state index contributed by atoms with van der Waals surface area (Å²) >= 11 is 4.90. The Kier molecular flexibility index (Phi) is 5.68. The minimum absolute atomic E-state index is 0.0139. The van der Waals surface area contributed by atoms with Gasteiger partial charge in [0.1, 0.15) is 0 Å². The summed E-state index contributed by atoms with van der Waals surface area (Å²) in [6, 6.07) is 0.332. The Morgan fingerprint density at radius 3 is 2.59 bits per heavy atom. The summed E-state index contributed by atoms with van der Waals surface area (Å²) in [5, 5.41) is 3.07. The van der Waals surface area contributed by atoms with Crippen LogP contribution in [0, 0.1) is 5.92 Å². The lowest BCUT2D eigenvalue weighted by atomic mass is 9.96. The highest BCUT2D eigenvalue weighted by molar-refractivity contribution is 7.80. The molecule has 0 aromatic carbocycles. The molecule has 1 aliphatic carbocycles. The minimum Gasteiger partial charge on any atom is -0.393 e. The fourth-order valence-corrected chi connectivity index (χ4v) is 2.19. The van der Waals surface area contributed by atoms with Crippen LogP contribution in [0.3, 0.4) is 0 Å². The van der Waals surface area contributed by atoms with E-state index in [1.54, 1.807) is 11.9 Å². The number of amides is 2. The van der Waals surface area contributed by atoms with Crippen molar-refractivity contribution in [1.29, 1.82) is 0 Å². The van der Waals surface area contributed by atoms with Crippen molar-refractivity contribution in [2.45, 2.75) is 45.1 Å². The van der Waals surface area contributed by atoms with Crippen LogP contribution in [0.2, 0.25) is 0 Å². The van der Waals surface area contributed by atoms with Gasteiger partial charge in [-0.15, -0.1) is 0 Å². The molecule has 1 aliphatic rings. The summed E-state index contributed by atoms with van der Waals surface area (Å²) in [7, 11) is 1.78. The number of nitrogens with two attached hydrogens (primary N) is 1. The van der Waals surface area contributed by atoms with Crippen LogP contribution in [-0.4, -0.2) is 35.6 Å². The van der Waals surface area contributed by atoms with Gasteiger partial charge in [-0.3, -0.25) is 0 Å². The topological polar surface area (TPSA) is 58.4 Å². The molecule has 17 heavy (non-hydrogen) atoms. The molecule has 1 saturated carbocycles. The molecule has 0 saturated heterocycles. The Morgan fingerprint density at radius 1 is 1.47 bits per heavy atom. The van der Waals surface area contributed by atoms with Crippen molar-refractivity contribution in [1.82, 2.24) is 10.2 Å². The van der Waals surface area contributed by atoms with Crippen molar-refractivity contribution < 1.29 is 4.79 Å². The lowest BCUT2D eigenvalue weighted by molar-refractivity contribution is 0.198. The number of nitrogens with zero attached hydrogens (tertiary/aromatic N) is 1. The van der Waals surface area contributed by atoms with Gasteiger partial charge in [-0.25, -0.2) is 4.79 Å². The van der Waals surface area contributed by atoms with Gasteiger partial charge in [-0.2, -0.15) is 0 Å². The van der Waals surface area contributed by atoms with Crippen LogP contribution < -0.4 is 11.1 Å². The summed E-state index contributed by atoms with van der Waals surface area (Å²) in [6.45, 7) is 2.51. The molecule has 5 heteroatoms. The van der Waals surface area contributed by atoms with Crippen LogP contribution in [-0.2, 0) is 0 Å². The number of rotatable bonds is 4. The number of hydrogen-bond donors (Lipinski definition) is 2. The second-order valence-corrected chi connectivity index (χ2v) is 5.44. The van der Waals surface area contributed by atoms with E-state index in [1.165, 1.54) is 19.3 Å². The zero-order chi connectivity index (χ0) is 12.8. The smallest absolute Gasteiger partial charge is 0.317 e. The summed E-state index contributed by atoms with van der Waals surface area (Å²) in [5.74, 6) is 0.0621. The number of urea groups is 1. The van der Waals surface area contributed by atoms with Crippen LogP contribution in [0.25, 0.3) is 0 Å². The van der Waals surface area contributed by atoms with Gasteiger partial charge < -0.3 is 16.0 Å². The van der Waals surface area contributed by atoms with E-state index in [0.717, 1.165) is 12.8 Å². The molecular weight excluding hydrogens is 234 g/mol. The van der Waals surface area contributed by atoms with Gasteiger partial charge in [-0.1, -0.05) is 38.4 Å². The van der Waals surface area contributed by atoms with Gasteiger partial charge in [0, 0.05) is 25.6 Å². The molecule has 1 unspecified atom stereocenters. The summed E-state index contributed by atoms with van der Waals surface area (Å²) in [5.41, 5.74) is 5.54. The first-order valence-corrected chi connectivity index (χ1v) is 6.72. The van der Waals surface area contributed by atoms with Gasteiger partial charge in [0.2, 0.25) is 0 Å². The molecule has 4 nitrogen and oxygen atoms in total. The third-order valence-corrected chi connectivity index (χ3v) is 3.72. The predicted octanol–water partition coefficient (Wildman–Crippen LogP) is 1.88. The summed E-state index contributed by atoms with van der Waals surface area (Å²) in [4.78, 5) is 14.0. The van der Waals surface area contributed by atoms with Gasteiger partial charge in [-0.05, 0) is 12.8 Å². The average molecular weight is 257 g/mol. The molecule has 98 valence electrons. The highest BCUT2D eigenvalue weighted by Gasteiger charge is 2.19. The van der Waals surface area contributed by atoms with Crippen molar-refractivity contribution in [2.75, 3.05) is 13.6 Å². The maximum absolute atomic E-state index is 11.9. The average Bonchev–Trinajstić information content (AvgIpc) is 2.29. The monoisotopic (exact) mass is 257 g/mol. The first-order valence-electron chi connectivity index (χ1n) is 6.31. The van der Waals surface area contributed by atoms with Gasteiger partial charge in [0.15, 0.2) is 0 Å². The fourth-order valence-electron chi connectivity index (χ4n) is 2.12. The van der Waals surface area contributed by atoms with Crippen molar-refractivity contribution in [3.63, 3.8) is 0 Å². The Hall–Kier alpha value is -0.840. The first-order chi connectivity index (χ1) is 8.00. The number of thiocarbonyl (C=S) groups is 1. The molecule has 1 atom stereocenters. The molecule has 0 bridgehead atoms. The van der Waals surface area contributed by atoms with Gasteiger partial charge in [0.25, 0.3) is 0 Å².